The molecule has 0 aromatic carbocycles. The highest BCUT2D eigenvalue weighted by Crippen LogP contribution is 2.47. The minimum atomic E-state index is -0.217. The van der Waals surface area contributed by atoms with Crippen LogP contribution >= 0.6 is 0 Å². The number of carbonyl (C=O) groups excluding carboxylic acids is 1. The fraction of sp³-hybridized carbons (Fsp3) is 0.727. The molecule has 2 heteroatoms. The lowest BCUT2D eigenvalue weighted by atomic mass is 9.76. The van der Waals surface area contributed by atoms with E-state index < -0.39 is 0 Å². The van der Waals surface area contributed by atoms with Crippen molar-refractivity contribution in [3.05, 3.63) is 12.2 Å². The predicted octanol–water partition coefficient (Wildman–Crippen LogP) is 1.93. The second-order valence-electron chi connectivity index (χ2n) is 4.32. The maximum Gasteiger partial charge on any atom is 0.130 e. The molecule has 1 rings (SSSR count). The highest BCUT2D eigenvalue weighted by Gasteiger charge is 2.41. The summed E-state index contributed by atoms with van der Waals surface area (Å²) in [5.74, 6) is 0.502. The van der Waals surface area contributed by atoms with Crippen LogP contribution in [-0.2, 0) is 4.79 Å². The third-order valence-electron chi connectivity index (χ3n) is 3.37. The molecular formula is C11H18O2. The van der Waals surface area contributed by atoms with Crippen LogP contribution in [0.3, 0.4) is 0 Å². The Morgan fingerprint density at radius 1 is 1.77 bits per heavy atom. The summed E-state index contributed by atoms with van der Waals surface area (Å²) in [6, 6.07) is 0. The molecular weight excluding hydrogens is 164 g/mol. The molecule has 0 amide bonds. The molecule has 1 aliphatic carbocycles. The van der Waals surface area contributed by atoms with Gasteiger partial charge in [0.2, 0.25) is 0 Å². The third kappa shape index (κ3) is 1.83. The van der Waals surface area contributed by atoms with Crippen molar-refractivity contribution in [2.75, 3.05) is 6.61 Å². The fourth-order valence-corrected chi connectivity index (χ4v) is 2.16. The van der Waals surface area contributed by atoms with Crippen molar-refractivity contribution in [2.45, 2.75) is 33.1 Å². The summed E-state index contributed by atoms with van der Waals surface area (Å²) in [5.41, 5.74) is 0.882. The number of ketones is 1. The normalized spacial score (nSPS) is 33.8. The zero-order valence-electron chi connectivity index (χ0n) is 8.47. The van der Waals surface area contributed by atoms with Gasteiger partial charge in [0.05, 0.1) is 6.61 Å². The molecule has 0 aromatic rings. The van der Waals surface area contributed by atoms with Gasteiger partial charge < -0.3 is 9.90 Å². The molecule has 0 unspecified atom stereocenters. The van der Waals surface area contributed by atoms with Gasteiger partial charge in [0.15, 0.2) is 0 Å². The topological polar surface area (TPSA) is 37.3 Å². The van der Waals surface area contributed by atoms with Gasteiger partial charge in [-0.15, -0.1) is 0 Å². The maximum absolute atomic E-state index is 11.0. The first-order chi connectivity index (χ1) is 6.00. The highest BCUT2D eigenvalue weighted by atomic mass is 16.3. The lowest BCUT2D eigenvalue weighted by molar-refractivity contribution is -0.118. The van der Waals surface area contributed by atoms with Crippen molar-refractivity contribution >= 4 is 5.78 Å². The Balaban J connectivity index is 2.75. The molecule has 1 fully saturated rings. The molecule has 0 spiro atoms. The maximum atomic E-state index is 11.0. The van der Waals surface area contributed by atoms with Crippen molar-refractivity contribution in [1.29, 1.82) is 0 Å². The van der Waals surface area contributed by atoms with Gasteiger partial charge in [-0.3, -0.25) is 0 Å². The first-order valence-electron chi connectivity index (χ1n) is 4.79. The Morgan fingerprint density at radius 2 is 2.38 bits per heavy atom. The molecule has 1 aliphatic rings. The van der Waals surface area contributed by atoms with E-state index in [-0.39, 0.29) is 17.8 Å². The van der Waals surface area contributed by atoms with Crippen LogP contribution in [0.2, 0.25) is 0 Å². The van der Waals surface area contributed by atoms with Crippen LogP contribution in [0.5, 0.6) is 0 Å². The summed E-state index contributed by atoms with van der Waals surface area (Å²) in [5, 5.41) is 9.31. The fourth-order valence-electron chi connectivity index (χ4n) is 2.16. The summed E-state index contributed by atoms with van der Waals surface area (Å²) in [7, 11) is 0. The lowest BCUT2D eigenvalue weighted by Crippen LogP contribution is -2.28. The zero-order chi connectivity index (χ0) is 10.1. The van der Waals surface area contributed by atoms with Gasteiger partial charge in [-0.05, 0) is 25.7 Å². The molecule has 0 aromatic heterocycles. The Morgan fingerprint density at radius 3 is 2.85 bits per heavy atom. The Hall–Kier alpha value is -0.630. The number of carbonyl (C=O) groups is 1. The first kappa shape index (κ1) is 10.5. The average Bonchev–Trinajstić information content (AvgIpc) is 2.33. The standard InChI is InChI=1S/C11H18O2/c1-8-4-5-10(6-9(2)13)11(8,3)7-12/h10,12H,1,4-7H2,2-3H3/t10-,11+/m1/s1. The van der Waals surface area contributed by atoms with Crippen molar-refractivity contribution in [1.82, 2.24) is 0 Å². The lowest BCUT2D eigenvalue weighted by Gasteiger charge is -2.30. The van der Waals surface area contributed by atoms with Crippen LogP contribution in [0.15, 0.2) is 12.2 Å². The number of hydrogen-bond acceptors (Lipinski definition) is 2. The third-order valence-corrected chi connectivity index (χ3v) is 3.37. The molecule has 1 saturated carbocycles. The second kappa shape index (κ2) is 3.62. The molecule has 2 nitrogen and oxygen atoms in total. The van der Waals surface area contributed by atoms with Gasteiger partial charge in [0, 0.05) is 11.8 Å². The van der Waals surface area contributed by atoms with Crippen LogP contribution in [0.25, 0.3) is 0 Å². The molecule has 0 heterocycles. The smallest absolute Gasteiger partial charge is 0.130 e. The van der Waals surface area contributed by atoms with E-state index in [1.165, 1.54) is 0 Å². The number of aliphatic hydroxyl groups is 1. The monoisotopic (exact) mass is 182 g/mol. The summed E-state index contributed by atoms with van der Waals surface area (Å²) in [6.07, 6.45) is 2.53. The summed E-state index contributed by atoms with van der Waals surface area (Å²) >= 11 is 0. The minimum absolute atomic E-state index is 0.115. The van der Waals surface area contributed by atoms with E-state index in [0.717, 1.165) is 18.4 Å². The van der Waals surface area contributed by atoms with Gasteiger partial charge in [-0.1, -0.05) is 19.1 Å². The van der Waals surface area contributed by atoms with Crippen LogP contribution in [0.4, 0.5) is 0 Å². The van der Waals surface area contributed by atoms with E-state index in [9.17, 15) is 9.90 Å². The van der Waals surface area contributed by atoms with E-state index in [4.69, 9.17) is 0 Å². The van der Waals surface area contributed by atoms with Crippen LogP contribution < -0.4 is 0 Å². The van der Waals surface area contributed by atoms with E-state index in [1.54, 1.807) is 6.92 Å². The van der Waals surface area contributed by atoms with Gasteiger partial charge in [-0.2, -0.15) is 0 Å². The van der Waals surface area contributed by atoms with Crippen molar-refractivity contribution in [3.63, 3.8) is 0 Å². The minimum Gasteiger partial charge on any atom is -0.395 e. The largest absolute Gasteiger partial charge is 0.395 e. The Kier molecular flexibility index (Phi) is 2.91. The van der Waals surface area contributed by atoms with Crippen LogP contribution in [-0.4, -0.2) is 17.5 Å². The summed E-state index contributed by atoms with van der Waals surface area (Å²) in [6.45, 7) is 7.70. The van der Waals surface area contributed by atoms with Crippen LogP contribution in [0.1, 0.15) is 33.1 Å². The molecule has 2 atom stereocenters. The second-order valence-corrected chi connectivity index (χ2v) is 4.32. The molecule has 0 bridgehead atoms. The van der Waals surface area contributed by atoms with E-state index in [2.05, 4.69) is 6.58 Å². The van der Waals surface area contributed by atoms with Crippen molar-refractivity contribution < 1.29 is 9.90 Å². The number of hydrogen-bond donors (Lipinski definition) is 1. The number of aliphatic hydroxyl groups excluding tert-OH is 1. The predicted molar refractivity (Wildman–Crippen MR) is 52.4 cm³/mol. The summed E-state index contributed by atoms with van der Waals surface area (Å²) in [4.78, 5) is 11.0. The highest BCUT2D eigenvalue weighted by molar-refractivity contribution is 5.76. The SMILES string of the molecule is C=C1CC[C@H](CC(C)=O)[C@@]1(C)CO. The van der Waals surface area contributed by atoms with Gasteiger partial charge in [0.1, 0.15) is 5.78 Å². The molecule has 0 radical (unpaired) electrons. The number of Topliss-reactive ketones (excluding diaryl/α,β-unsaturated/α-hetero) is 1. The Bertz CT molecular complexity index is 232. The molecule has 74 valence electrons. The van der Waals surface area contributed by atoms with Gasteiger partial charge in [0.25, 0.3) is 0 Å². The summed E-state index contributed by atoms with van der Waals surface area (Å²) < 4.78 is 0. The van der Waals surface area contributed by atoms with Crippen molar-refractivity contribution in [3.8, 4) is 0 Å². The first-order valence-corrected chi connectivity index (χ1v) is 4.79. The molecule has 1 N–H and O–H groups in total. The van der Waals surface area contributed by atoms with E-state index in [0.29, 0.717) is 12.3 Å². The van der Waals surface area contributed by atoms with Gasteiger partial charge >= 0.3 is 0 Å². The molecule has 13 heavy (non-hydrogen) atoms. The average molecular weight is 182 g/mol. The quantitative estimate of drug-likeness (QED) is 0.677. The number of rotatable bonds is 3. The van der Waals surface area contributed by atoms with Gasteiger partial charge in [-0.25, -0.2) is 0 Å². The van der Waals surface area contributed by atoms with Crippen molar-refractivity contribution in [2.24, 2.45) is 11.3 Å². The zero-order valence-corrected chi connectivity index (χ0v) is 8.47. The molecule has 0 aliphatic heterocycles. The van der Waals surface area contributed by atoms with E-state index in [1.807, 2.05) is 6.92 Å². The Labute approximate surface area is 79.6 Å². The molecule has 0 saturated heterocycles. The van der Waals surface area contributed by atoms with Crippen LogP contribution in [0, 0.1) is 11.3 Å². The van der Waals surface area contributed by atoms with E-state index >= 15 is 0 Å².